The topological polar surface area (TPSA) is 35.5 Å². The number of ether oxygens (including phenoxy) is 2. The Balaban J connectivity index is 2.51. The summed E-state index contributed by atoms with van der Waals surface area (Å²) in [6.45, 7) is 0. The number of hydrogen-bond donors (Lipinski definition) is 0. The first-order valence-electron chi connectivity index (χ1n) is 5.78. The summed E-state index contributed by atoms with van der Waals surface area (Å²) >= 11 is 5.91. The number of carbonyl (C=O) groups excluding carboxylic acids is 1. The van der Waals surface area contributed by atoms with Crippen LogP contribution in [-0.2, 0) is 0 Å². The Kier molecular flexibility index (Phi) is 4.25. The van der Waals surface area contributed by atoms with E-state index in [0.29, 0.717) is 17.1 Å². The van der Waals surface area contributed by atoms with Gasteiger partial charge in [0, 0.05) is 5.56 Å². The molecule has 2 aromatic rings. The molecule has 5 heteroatoms. The highest BCUT2D eigenvalue weighted by Crippen LogP contribution is 2.28. The van der Waals surface area contributed by atoms with Crippen LogP contribution in [0, 0.1) is 5.82 Å². The molecule has 2 aromatic carbocycles. The fraction of sp³-hybridized carbons (Fsp3) is 0.133. The minimum atomic E-state index is -0.496. The van der Waals surface area contributed by atoms with E-state index in [-0.39, 0.29) is 16.4 Å². The lowest BCUT2D eigenvalue weighted by atomic mass is 10.0. The maximum Gasteiger partial charge on any atom is 0.198 e. The van der Waals surface area contributed by atoms with Gasteiger partial charge >= 0.3 is 0 Å². The van der Waals surface area contributed by atoms with Crippen molar-refractivity contribution in [3.8, 4) is 11.5 Å². The molecule has 0 atom stereocenters. The molecule has 0 aliphatic heterocycles. The number of carbonyl (C=O) groups is 1. The lowest BCUT2D eigenvalue weighted by Crippen LogP contribution is -2.05. The van der Waals surface area contributed by atoms with Gasteiger partial charge in [-0.15, -0.1) is 0 Å². The molecule has 104 valence electrons. The van der Waals surface area contributed by atoms with E-state index in [1.165, 1.54) is 26.4 Å². The molecule has 0 spiro atoms. The van der Waals surface area contributed by atoms with E-state index >= 15 is 0 Å². The fourth-order valence-corrected chi connectivity index (χ4v) is 2.06. The van der Waals surface area contributed by atoms with Gasteiger partial charge in [0.1, 0.15) is 17.3 Å². The van der Waals surface area contributed by atoms with Crippen molar-refractivity contribution in [2.24, 2.45) is 0 Å². The maximum absolute atomic E-state index is 13.0. The largest absolute Gasteiger partial charge is 0.497 e. The molecular weight excluding hydrogens is 283 g/mol. The monoisotopic (exact) mass is 294 g/mol. The first kappa shape index (κ1) is 14.3. The van der Waals surface area contributed by atoms with Crippen molar-refractivity contribution in [2.75, 3.05) is 14.2 Å². The second-order valence-electron chi connectivity index (χ2n) is 4.02. The maximum atomic E-state index is 13.0. The molecule has 0 aromatic heterocycles. The fourth-order valence-electron chi connectivity index (χ4n) is 1.81. The van der Waals surface area contributed by atoms with Crippen molar-refractivity contribution >= 4 is 17.4 Å². The van der Waals surface area contributed by atoms with Crippen LogP contribution >= 0.6 is 11.6 Å². The van der Waals surface area contributed by atoms with Gasteiger partial charge in [-0.05, 0) is 36.4 Å². The quantitative estimate of drug-likeness (QED) is 0.806. The number of benzene rings is 2. The molecule has 0 bridgehead atoms. The second-order valence-corrected chi connectivity index (χ2v) is 4.43. The van der Waals surface area contributed by atoms with E-state index < -0.39 is 5.82 Å². The Morgan fingerprint density at radius 2 is 1.80 bits per heavy atom. The molecule has 2 rings (SSSR count). The minimum Gasteiger partial charge on any atom is -0.497 e. The highest BCUT2D eigenvalue weighted by molar-refractivity contribution is 6.35. The van der Waals surface area contributed by atoms with Crippen LogP contribution in [0.2, 0.25) is 5.02 Å². The third-order valence-electron chi connectivity index (χ3n) is 2.83. The third-order valence-corrected chi connectivity index (χ3v) is 3.14. The lowest BCUT2D eigenvalue weighted by Gasteiger charge is -2.10. The van der Waals surface area contributed by atoms with Crippen molar-refractivity contribution in [2.45, 2.75) is 0 Å². The van der Waals surface area contributed by atoms with E-state index in [1.807, 2.05) is 0 Å². The summed E-state index contributed by atoms with van der Waals surface area (Å²) in [5.74, 6) is 0.0680. The molecule has 0 radical (unpaired) electrons. The number of halogens is 2. The Labute approximate surface area is 120 Å². The second kappa shape index (κ2) is 5.92. The van der Waals surface area contributed by atoms with Gasteiger partial charge in [-0.3, -0.25) is 4.79 Å². The smallest absolute Gasteiger partial charge is 0.198 e. The third kappa shape index (κ3) is 2.75. The Morgan fingerprint density at radius 1 is 1.05 bits per heavy atom. The van der Waals surface area contributed by atoms with Crippen molar-refractivity contribution in [1.29, 1.82) is 0 Å². The Hall–Kier alpha value is -2.07. The zero-order valence-electron chi connectivity index (χ0n) is 10.9. The van der Waals surface area contributed by atoms with Gasteiger partial charge in [-0.25, -0.2) is 4.39 Å². The van der Waals surface area contributed by atoms with Crippen molar-refractivity contribution in [3.05, 3.63) is 58.4 Å². The summed E-state index contributed by atoms with van der Waals surface area (Å²) in [5, 5.41) is 0.0554. The molecular formula is C15H12ClFO3. The molecule has 20 heavy (non-hydrogen) atoms. The number of methoxy groups -OCH3 is 2. The van der Waals surface area contributed by atoms with E-state index in [1.54, 1.807) is 18.2 Å². The van der Waals surface area contributed by atoms with Gasteiger partial charge in [0.15, 0.2) is 5.78 Å². The standard InChI is InChI=1S/C15H12ClFO3/c1-19-10-4-6-14(20-2)12(8-10)15(18)11-5-3-9(17)7-13(11)16/h3-8H,1-2H3. The zero-order valence-corrected chi connectivity index (χ0v) is 11.7. The predicted molar refractivity (Wildman–Crippen MR) is 74.4 cm³/mol. The molecule has 0 fully saturated rings. The van der Waals surface area contributed by atoms with Crippen molar-refractivity contribution in [1.82, 2.24) is 0 Å². The summed E-state index contributed by atoms with van der Waals surface area (Å²) < 4.78 is 23.3. The first-order valence-corrected chi connectivity index (χ1v) is 6.16. The van der Waals surface area contributed by atoms with Crippen LogP contribution in [0.25, 0.3) is 0 Å². The average molecular weight is 295 g/mol. The van der Waals surface area contributed by atoms with Crippen LogP contribution in [-0.4, -0.2) is 20.0 Å². The van der Waals surface area contributed by atoms with Gasteiger partial charge in [-0.2, -0.15) is 0 Å². The molecule has 0 aliphatic rings. The summed E-state index contributed by atoms with van der Waals surface area (Å²) in [4.78, 5) is 12.5. The summed E-state index contributed by atoms with van der Waals surface area (Å²) in [6.07, 6.45) is 0. The van der Waals surface area contributed by atoms with Crippen LogP contribution in [0.15, 0.2) is 36.4 Å². The Bertz CT molecular complexity index is 656. The van der Waals surface area contributed by atoms with E-state index in [4.69, 9.17) is 21.1 Å². The highest BCUT2D eigenvalue weighted by Gasteiger charge is 2.18. The zero-order chi connectivity index (χ0) is 14.7. The molecule has 0 heterocycles. The minimum absolute atomic E-state index is 0.0554. The molecule has 0 amide bonds. The molecule has 0 saturated heterocycles. The predicted octanol–water partition coefficient (Wildman–Crippen LogP) is 3.73. The molecule has 0 N–H and O–H groups in total. The van der Waals surface area contributed by atoms with Crippen LogP contribution in [0.4, 0.5) is 4.39 Å². The van der Waals surface area contributed by atoms with Gasteiger partial charge in [0.2, 0.25) is 0 Å². The van der Waals surface area contributed by atoms with Crippen molar-refractivity contribution in [3.63, 3.8) is 0 Å². The average Bonchev–Trinajstić information content (AvgIpc) is 2.46. The first-order chi connectivity index (χ1) is 9.56. The summed E-state index contributed by atoms with van der Waals surface area (Å²) in [7, 11) is 2.96. The molecule has 0 unspecified atom stereocenters. The highest BCUT2D eigenvalue weighted by atomic mass is 35.5. The Morgan fingerprint density at radius 3 is 2.40 bits per heavy atom. The molecule has 0 aliphatic carbocycles. The SMILES string of the molecule is COc1ccc(OC)c(C(=O)c2ccc(F)cc2Cl)c1. The molecule has 0 saturated carbocycles. The number of hydrogen-bond acceptors (Lipinski definition) is 3. The van der Waals surface area contributed by atoms with Gasteiger partial charge in [0.05, 0.1) is 24.8 Å². The van der Waals surface area contributed by atoms with Crippen LogP contribution < -0.4 is 9.47 Å². The van der Waals surface area contributed by atoms with Gasteiger partial charge < -0.3 is 9.47 Å². The van der Waals surface area contributed by atoms with Crippen molar-refractivity contribution < 1.29 is 18.7 Å². The van der Waals surface area contributed by atoms with E-state index in [2.05, 4.69) is 0 Å². The normalized spacial score (nSPS) is 10.2. The van der Waals surface area contributed by atoms with Gasteiger partial charge in [-0.1, -0.05) is 11.6 Å². The van der Waals surface area contributed by atoms with Gasteiger partial charge in [0.25, 0.3) is 0 Å². The summed E-state index contributed by atoms with van der Waals surface area (Å²) in [6, 6.07) is 8.50. The molecule has 3 nitrogen and oxygen atoms in total. The lowest BCUT2D eigenvalue weighted by molar-refractivity contribution is 0.103. The number of rotatable bonds is 4. The van der Waals surface area contributed by atoms with Crippen LogP contribution in [0.3, 0.4) is 0 Å². The van der Waals surface area contributed by atoms with Crippen LogP contribution in [0.5, 0.6) is 11.5 Å². The number of ketones is 1. The van der Waals surface area contributed by atoms with E-state index in [0.717, 1.165) is 6.07 Å². The summed E-state index contributed by atoms with van der Waals surface area (Å²) in [5.41, 5.74) is 0.514. The van der Waals surface area contributed by atoms with E-state index in [9.17, 15) is 9.18 Å². The van der Waals surface area contributed by atoms with Crippen LogP contribution in [0.1, 0.15) is 15.9 Å².